The molecule has 0 radical (unpaired) electrons. The third-order valence-corrected chi connectivity index (χ3v) is 4.65. The fraction of sp³-hybridized carbons (Fsp3) is 0.389. The molecular weight excluding hydrogens is 388 g/mol. The first kappa shape index (κ1) is 20.4. The Bertz CT molecular complexity index is 906. The van der Waals surface area contributed by atoms with Crippen molar-refractivity contribution >= 4 is 12.4 Å². The maximum absolute atomic E-state index is 13.9. The molecule has 1 atom stereocenters. The third kappa shape index (κ3) is 4.54. The lowest BCUT2D eigenvalue weighted by Crippen LogP contribution is -2.42. The zero-order chi connectivity index (χ0) is 18.8. The van der Waals surface area contributed by atoms with Crippen molar-refractivity contribution in [1.82, 2.24) is 29.7 Å². The van der Waals surface area contributed by atoms with Gasteiger partial charge in [0.1, 0.15) is 5.69 Å². The minimum atomic E-state index is -0.660. The van der Waals surface area contributed by atoms with Crippen LogP contribution >= 0.6 is 12.4 Å². The van der Waals surface area contributed by atoms with Crippen molar-refractivity contribution < 1.29 is 8.78 Å². The molecule has 2 N–H and O–H groups in total. The van der Waals surface area contributed by atoms with Gasteiger partial charge in [0.2, 0.25) is 0 Å². The van der Waals surface area contributed by atoms with Crippen LogP contribution in [0.4, 0.5) is 8.78 Å². The van der Waals surface area contributed by atoms with E-state index in [-0.39, 0.29) is 24.1 Å². The maximum Gasteiger partial charge on any atom is 0.151 e. The minimum absolute atomic E-state index is 0. The number of rotatable bonds is 5. The summed E-state index contributed by atoms with van der Waals surface area (Å²) in [6, 6.07) is 5.66. The predicted molar refractivity (Wildman–Crippen MR) is 102 cm³/mol. The average Bonchev–Trinajstić information content (AvgIpc) is 3.25. The highest BCUT2D eigenvalue weighted by Crippen LogP contribution is 2.17. The molecule has 2 aromatic heterocycles. The second-order valence-electron chi connectivity index (χ2n) is 6.87. The molecule has 4 rings (SSSR count). The van der Waals surface area contributed by atoms with Gasteiger partial charge in [0.25, 0.3) is 0 Å². The highest BCUT2D eigenvalue weighted by Gasteiger charge is 2.18. The zero-order valence-electron chi connectivity index (χ0n) is 15.2. The largest absolute Gasteiger partial charge is 0.327 e. The number of hydrogen-bond donors (Lipinski definition) is 1. The number of aromatic nitrogens is 5. The first-order valence-electron chi connectivity index (χ1n) is 8.94. The van der Waals surface area contributed by atoms with Gasteiger partial charge in [0, 0.05) is 25.3 Å². The molecule has 1 aliphatic heterocycles. The van der Waals surface area contributed by atoms with E-state index in [1.54, 1.807) is 10.7 Å². The summed E-state index contributed by atoms with van der Waals surface area (Å²) in [7, 11) is 0. The van der Waals surface area contributed by atoms with E-state index in [9.17, 15) is 8.78 Å². The molecule has 0 amide bonds. The number of nitrogens with zero attached hydrogens (tertiary/aromatic N) is 6. The second kappa shape index (κ2) is 8.76. The van der Waals surface area contributed by atoms with Crippen LogP contribution in [0, 0.1) is 11.6 Å². The molecule has 0 aliphatic carbocycles. The molecule has 28 heavy (non-hydrogen) atoms. The van der Waals surface area contributed by atoms with E-state index in [1.165, 1.54) is 29.1 Å². The van der Waals surface area contributed by atoms with Crippen molar-refractivity contribution in [2.75, 3.05) is 13.1 Å². The normalized spacial score (nSPS) is 17.5. The van der Waals surface area contributed by atoms with Crippen LogP contribution in [0.1, 0.15) is 24.2 Å². The van der Waals surface area contributed by atoms with Gasteiger partial charge in [-0.2, -0.15) is 5.10 Å². The van der Waals surface area contributed by atoms with Crippen molar-refractivity contribution in [3.63, 3.8) is 0 Å². The number of piperidine rings is 1. The molecular formula is C18H22ClF2N7. The summed E-state index contributed by atoms with van der Waals surface area (Å²) in [5.74, 6) is -1.32. The second-order valence-corrected chi connectivity index (χ2v) is 6.87. The summed E-state index contributed by atoms with van der Waals surface area (Å²) in [5.41, 5.74) is 7.32. The zero-order valence-corrected chi connectivity index (χ0v) is 16.0. The van der Waals surface area contributed by atoms with Gasteiger partial charge in [0.05, 0.1) is 24.1 Å². The van der Waals surface area contributed by atoms with Gasteiger partial charge < -0.3 is 5.73 Å². The highest BCUT2D eigenvalue weighted by molar-refractivity contribution is 5.85. The van der Waals surface area contributed by atoms with Crippen molar-refractivity contribution in [3.8, 4) is 5.69 Å². The molecule has 10 heteroatoms. The van der Waals surface area contributed by atoms with Crippen LogP contribution in [0.25, 0.3) is 5.69 Å². The summed E-state index contributed by atoms with van der Waals surface area (Å²) < 4.78 is 30.6. The summed E-state index contributed by atoms with van der Waals surface area (Å²) in [5, 5.41) is 12.6. The molecule has 0 bridgehead atoms. The molecule has 1 saturated heterocycles. The number of benzene rings is 1. The van der Waals surface area contributed by atoms with Gasteiger partial charge in [-0.15, -0.1) is 17.5 Å². The fourth-order valence-corrected chi connectivity index (χ4v) is 3.40. The SMILES string of the molecule is Cl.NC1CCCN(Cc2cn(Cc3ccn(-c4c(F)cccc4F)n3)nn2)C1. The van der Waals surface area contributed by atoms with Gasteiger partial charge in [-0.05, 0) is 37.6 Å². The Labute approximate surface area is 167 Å². The van der Waals surface area contributed by atoms with E-state index in [0.29, 0.717) is 18.8 Å². The minimum Gasteiger partial charge on any atom is -0.327 e. The summed E-state index contributed by atoms with van der Waals surface area (Å²) in [6.45, 7) is 2.96. The maximum atomic E-state index is 13.9. The van der Waals surface area contributed by atoms with Crippen molar-refractivity contribution in [1.29, 1.82) is 0 Å². The summed E-state index contributed by atoms with van der Waals surface area (Å²) >= 11 is 0. The van der Waals surface area contributed by atoms with Gasteiger partial charge in [-0.25, -0.2) is 18.1 Å². The molecule has 0 saturated carbocycles. The fourth-order valence-electron chi connectivity index (χ4n) is 3.40. The number of halogens is 3. The molecule has 3 heterocycles. The first-order chi connectivity index (χ1) is 13.1. The molecule has 0 spiro atoms. The lowest BCUT2D eigenvalue weighted by Gasteiger charge is -2.29. The van der Waals surface area contributed by atoms with Crippen LogP contribution in [-0.2, 0) is 13.1 Å². The molecule has 7 nitrogen and oxygen atoms in total. The monoisotopic (exact) mass is 409 g/mol. The van der Waals surface area contributed by atoms with E-state index >= 15 is 0 Å². The van der Waals surface area contributed by atoms with E-state index in [0.717, 1.165) is 31.6 Å². The Morgan fingerprint density at radius 1 is 1.11 bits per heavy atom. The third-order valence-electron chi connectivity index (χ3n) is 4.65. The van der Waals surface area contributed by atoms with Gasteiger partial charge in [-0.1, -0.05) is 11.3 Å². The molecule has 150 valence electrons. The van der Waals surface area contributed by atoms with Crippen LogP contribution in [0.5, 0.6) is 0 Å². The highest BCUT2D eigenvalue weighted by atomic mass is 35.5. The Morgan fingerprint density at radius 3 is 2.64 bits per heavy atom. The van der Waals surface area contributed by atoms with Crippen LogP contribution < -0.4 is 5.73 Å². The molecule has 1 unspecified atom stereocenters. The molecule has 1 fully saturated rings. The Hall–Kier alpha value is -2.36. The van der Waals surface area contributed by atoms with Crippen molar-refractivity contribution in [2.45, 2.75) is 32.0 Å². The van der Waals surface area contributed by atoms with Crippen LogP contribution in [0.15, 0.2) is 36.7 Å². The molecule has 1 aliphatic rings. The lowest BCUT2D eigenvalue weighted by atomic mass is 10.1. The van der Waals surface area contributed by atoms with Crippen molar-refractivity contribution in [3.05, 3.63) is 59.7 Å². The van der Waals surface area contributed by atoms with Crippen LogP contribution in [0.3, 0.4) is 0 Å². The Kier molecular flexibility index (Phi) is 6.38. The average molecular weight is 410 g/mol. The van der Waals surface area contributed by atoms with Gasteiger partial charge >= 0.3 is 0 Å². The van der Waals surface area contributed by atoms with E-state index in [2.05, 4.69) is 20.3 Å². The van der Waals surface area contributed by atoms with E-state index in [4.69, 9.17) is 5.73 Å². The lowest BCUT2D eigenvalue weighted by molar-refractivity contribution is 0.199. The Balaban J connectivity index is 0.00000225. The first-order valence-corrected chi connectivity index (χ1v) is 8.94. The van der Waals surface area contributed by atoms with Crippen LogP contribution in [-0.4, -0.2) is 48.8 Å². The standard InChI is InChI=1S/C18H21F2N7.ClH/c19-16-4-1-5-17(20)18(16)27-8-6-14(23-27)11-26-12-15(22-24-26)10-25-7-2-3-13(21)9-25;/h1,4-6,8,12-13H,2-3,7,9-11,21H2;1H. The summed E-state index contributed by atoms with van der Waals surface area (Å²) in [6.07, 6.45) is 5.56. The van der Waals surface area contributed by atoms with Crippen molar-refractivity contribution in [2.24, 2.45) is 5.73 Å². The molecule has 3 aromatic rings. The number of nitrogens with two attached hydrogens (primary N) is 1. The van der Waals surface area contributed by atoms with Gasteiger partial charge in [-0.3, -0.25) is 4.90 Å². The number of para-hydroxylation sites is 1. The van der Waals surface area contributed by atoms with E-state index < -0.39 is 11.6 Å². The predicted octanol–water partition coefficient (Wildman–Crippen LogP) is 2.14. The summed E-state index contributed by atoms with van der Waals surface area (Å²) in [4.78, 5) is 2.28. The number of likely N-dealkylation sites (tertiary alicyclic amines) is 1. The van der Waals surface area contributed by atoms with E-state index in [1.807, 2.05) is 6.20 Å². The number of hydrogen-bond acceptors (Lipinski definition) is 5. The van der Waals surface area contributed by atoms with Crippen LogP contribution in [0.2, 0.25) is 0 Å². The molecule has 1 aromatic carbocycles. The quantitative estimate of drug-likeness (QED) is 0.698. The smallest absolute Gasteiger partial charge is 0.151 e. The Morgan fingerprint density at radius 2 is 1.89 bits per heavy atom. The van der Waals surface area contributed by atoms with Gasteiger partial charge in [0.15, 0.2) is 11.6 Å². The topological polar surface area (TPSA) is 77.8 Å².